The first kappa shape index (κ1) is 17.4. The molecule has 0 aliphatic carbocycles. The first-order chi connectivity index (χ1) is 11.8. The number of hydrogen-bond donors (Lipinski definition) is 0. The summed E-state index contributed by atoms with van der Waals surface area (Å²) in [5, 5.41) is 11.1. The molecule has 2 aromatic rings. The van der Waals surface area contributed by atoms with Gasteiger partial charge in [0.25, 0.3) is 5.91 Å². The van der Waals surface area contributed by atoms with Crippen LogP contribution in [0.15, 0.2) is 35.2 Å². The summed E-state index contributed by atoms with van der Waals surface area (Å²) in [4.78, 5) is 24.2. The minimum Gasteiger partial charge on any atom is -0.744 e. The fraction of sp³-hybridized carbons (Fsp3) is 0.294. The predicted molar refractivity (Wildman–Crippen MR) is 87.1 cm³/mol. The van der Waals surface area contributed by atoms with Crippen molar-refractivity contribution in [3.63, 3.8) is 0 Å². The lowest BCUT2D eigenvalue weighted by molar-refractivity contribution is -0.305. The lowest BCUT2D eigenvalue weighted by Gasteiger charge is -2.18. The van der Waals surface area contributed by atoms with E-state index in [9.17, 15) is 27.7 Å². The maximum Gasteiger partial charge on any atom is 0.258 e. The van der Waals surface area contributed by atoms with Gasteiger partial charge in [-0.25, -0.2) is 8.42 Å². The number of carbonyl (C=O) groups excluding carboxylic acids is 2. The zero-order chi connectivity index (χ0) is 18.2. The summed E-state index contributed by atoms with van der Waals surface area (Å²) in [7, 11) is -4.64. The standard InChI is InChI=1S/C17H17NO6S/c19-15(20)7-2-1-3-10-18-13-8-9-14(25(22,23)24)11-5-4-6-12(16(11)13)17(18)21/h4-6,8-9H,1-3,7,10H2,(H,19,20)(H,22,23,24)/p-2. The van der Waals surface area contributed by atoms with E-state index in [1.54, 1.807) is 12.1 Å². The summed E-state index contributed by atoms with van der Waals surface area (Å²) in [6, 6.07) is 7.38. The topological polar surface area (TPSA) is 118 Å². The molecule has 1 aliphatic heterocycles. The zero-order valence-electron chi connectivity index (χ0n) is 13.2. The van der Waals surface area contributed by atoms with Gasteiger partial charge in [0.1, 0.15) is 10.1 Å². The fourth-order valence-electron chi connectivity index (χ4n) is 3.18. The van der Waals surface area contributed by atoms with Crippen LogP contribution in [0, 0.1) is 0 Å². The molecule has 7 nitrogen and oxygen atoms in total. The number of nitrogens with zero attached hydrogens (tertiary/aromatic N) is 1. The third-order valence-corrected chi connectivity index (χ3v) is 5.17. The minimum atomic E-state index is -4.64. The molecule has 25 heavy (non-hydrogen) atoms. The molecule has 0 atom stereocenters. The van der Waals surface area contributed by atoms with E-state index >= 15 is 0 Å². The van der Waals surface area contributed by atoms with Crippen LogP contribution in [0.25, 0.3) is 10.8 Å². The summed E-state index contributed by atoms with van der Waals surface area (Å²) in [5.41, 5.74) is 0.940. The van der Waals surface area contributed by atoms with Gasteiger partial charge in [-0.15, -0.1) is 0 Å². The molecule has 2 aromatic carbocycles. The van der Waals surface area contributed by atoms with Crippen molar-refractivity contribution in [2.24, 2.45) is 0 Å². The van der Waals surface area contributed by atoms with Crippen LogP contribution in [-0.2, 0) is 14.9 Å². The summed E-state index contributed by atoms with van der Waals surface area (Å²) in [5.74, 6) is -1.35. The van der Waals surface area contributed by atoms with Crippen molar-refractivity contribution in [2.45, 2.75) is 30.6 Å². The van der Waals surface area contributed by atoms with Crippen LogP contribution in [0.5, 0.6) is 0 Å². The normalized spacial score (nSPS) is 13.6. The summed E-state index contributed by atoms with van der Waals surface area (Å²) in [6.45, 7) is 0.388. The largest absolute Gasteiger partial charge is 0.744 e. The van der Waals surface area contributed by atoms with E-state index in [0.29, 0.717) is 42.4 Å². The van der Waals surface area contributed by atoms with Crippen molar-refractivity contribution < 1.29 is 27.7 Å². The third kappa shape index (κ3) is 3.22. The van der Waals surface area contributed by atoms with E-state index in [1.807, 2.05) is 0 Å². The lowest BCUT2D eigenvalue weighted by Crippen LogP contribution is -2.28. The van der Waals surface area contributed by atoms with E-state index in [2.05, 4.69) is 0 Å². The Bertz CT molecular complexity index is 967. The Morgan fingerprint density at radius 1 is 1.08 bits per heavy atom. The van der Waals surface area contributed by atoms with Gasteiger partial charge in [0.15, 0.2) is 0 Å². The molecule has 0 spiro atoms. The van der Waals surface area contributed by atoms with E-state index in [1.165, 1.54) is 23.1 Å². The first-order valence-electron chi connectivity index (χ1n) is 7.84. The highest BCUT2D eigenvalue weighted by Crippen LogP contribution is 2.40. The second-order valence-corrected chi connectivity index (χ2v) is 7.25. The van der Waals surface area contributed by atoms with Crippen LogP contribution < -0.4 is 10.0 Å². The van der Waals surface area contributed by atoms with Crippen molar-refractivity contribution in [3.8, 4) is 0 Å². The maximum absolute atomic E-state index is 12.6. The molecule has 0 aromatic heterocycles. The van der Waals surface area contributed by atoms with Gasteiger partial charge in [-0.3, -0.25) is 4.79 Å². The quantitative estimate of drug-likeness (QED) is 0.536. The van der Waals surface area contributed by atoms with E-state index in [4.69, 9.17) is 0 Å². The molecule has 0 N–H and O–H groups in total. The number of benzene rings is 2. The molecule has 3 rings (SSSR count). The number of hydrogen-bond acceptors (Lipinski definition) is 6. The van der Waals surface area contributed by atoms with Gasteiger partial charge in [0.2, 0.25) is 0 Å². The Morgan fingerprint density at radius 3 is 2.52 bits per heavy atom. The third-order valence-electron chi connectivity index (χ3n) is 4.28. The molecule has 0 saturated carbocycles. The lowest BCUT2D eigenvalue weighted by atomic mass is 10.1. The van der Waals surface area contributed by atoms with Crippen LogP contribution in [0.4, 0.5) is 5.69 Å². The highest BCUT2D eigenvalue weighted by molar-refractivity contribution is 7.86. The van der Waals surface area contributed by atoms with Crippen LogP contribution in [0.1, 0.15) is 36.0 Å². The van der Waals surface area contributed by atoms with Gasteiger partial charge in [0.05, 0.1) is 10.6 Å². The van der Waals surface area contributed by atoms with Gasteiger partial charge in [0, 0.05) is 28.8 Å². The molecule has 8 heteroatoms. The second-order valence-electron chi connectivity index (χ2n) is 5.90. The molecule has 0 unspecified atom stereocenters. The maximum atomic E-state index is 12.6. The monoisotopic (exact) mass is 361 g/mol. The minimum absolute atomic E-state index is 0.0194. The SMILES string of the molecule is O=C([O-])CCCCCN1C(=O)c2cccc3c(S(=O)(=O)[O-])ccc1c23. The number of unbranched alkanes of at least 4 members (excludes halogenated alkanes) is 2. The summed E-state index contributed by atoms with van der Waals surface area (Å²) >= 11 is 0. The van der Waals surface area contributed by atoms with Gasteiger partial charge in [-0.1, -0.05) is 18.6 Å². The number of carboxylic acids is 1. The second kappa shape index (κ2) is 6.45. The Hall–Kier alpha value is -2.45. The van der Waals surface area contributed by atoms with Gasteiger partial charge in [-0.05, 0) is 37.5 Å². The summed E-state index contributed by atoms with van der Waals surface area (Å²) < 4.78 is 34.3. The van der Waals surface area contributed by atoms with E-state index < -0.39 is 16.1 Å². The molecular formula is C17H15NO6S-2. The molecule has 1 heterocycles. The number of rotatable bonds is 7. The average Bonchev–Trinajstić information content (AvgIpc) is 2.81. The highest BCUT2D eigenvalue weighted by atomic mass is 32.2. The predicted octanol–water partition coefficient (Wildman–Crippen LogP) is 1.01. The highest BCUT2D eigenvalue weighted by Gasteiger charge is 2.30. The molecule has 0 saturated heterocycles. The van der Waals surface area contributed by atoms with Crippen LogP contribution in [0.2, 0.25) is 0 Å². The number of amides is 1. The van der Waals surface area contributed by atoms with Crippen molar-refractivity contribution in [3.05, 3.63) is 35.9 Å². The molecule has 0 radical (unpaired) electrons. The fourth-order valence-corrected chi connectivity index (χ4v) is 3.85. The Labute approximate surface area is 144 Å². The van der Waals surface area contributed by atoms with E-state index in [-0.39, 0.29) is 22.6 Å². The Balaban J connectivity index is 1.90. The number of aliphatic carboxylic acids is 1. The molecule has 132 valence electrons. The van der Waals surface area contributed by atoms with Gasteiger partial charge < -0.3 is 19.4 Å². The number of carbonyl (C=O) groups is 2. The molecule has 0 bridgehead atoms. The van der Waals surface area contributed by atoms with Crippen molar-refractivity contribution in [1.29, 1.82) is 0 Å². The number of anilines is 1. The molecular weight excluding hydrogens is 346 g/mol. The van der Waals surface area contributed by atoms with Crippen LogP contribution in [0.3, 0.4) is 0 Å². The molecule has 0 fully saturated rings. The first-order valence-corrected chi connectivity index (χ1v) is 9.25. The van der Waals surface area contributed by atoms with E-state index in [0.717, 1.165) is 0 Å². The smallest absolute Gasteiger partial charge is 0.258 e. The van der Waals surface area contributed by atoms with Crippen molar-refractivity contribution >= 4 is 38.5 Å². The van der Waals surface area contributed by atoms with Crippen molar-refractivity contribution in [2.75, 3.05) is 11.4 Å². The number of carboxylic acid groups (broad SMARTS) is 1. The zero-order valence-corrected chi connectivity index (χ0v) is 14.0. The Kier molecular flexibility index (Phi) is 4.49. The summed E-state index contributed by atoms with van der Waals surface area (Å²) in [6.07, 6.45) is 1.69. The van der Waals surface area contributed by atoms with Crippen molar-refractivity contribution in [1.82, 2.24) is 0 Å². The van der Waals surface area contributed by atoms with Gasteiger partial charge >= 0.3 is 0 Å². The van der Waals surface area contributed by atoms with Crippen LogP contribution >= 0.6 is 0 Å². The van der Waals surface area contributed by atoms with Crippen LogP contribution in [-0.4, -0.2) is 31.4 Å². The molecule has 1 amide bonds. The molecule has 1 aliphatic rings. The Morgan fingerprint density at radius 2 is 1.84 bits per heavy atom. The average molecular weight is 361 g/mol. The van der Waals surface area contributed by atoms with Gasteiger partial charge in [-0.2, -0.15) is 0 Å².